The fourth-order valence-corrected chi connectivity index (χ4v) is 0. The summed E-state index contributed by atoms with van der Waals surface area (Å²) < 4.78 is 5.51. The molecule has 0 bridgehead atoms. The molecule has 0 aliphatic heterocycles. The van der Waals surface area contributed by atoms with Crippen molar-refractivity contribution in [1.29, 1.82) is 0.594 Å². The van der Waals surface area contributed by atoms with Gasteiger partial charge in [0.15, 0.2) is 0 Å². The van der Waals surface area contributed by atoms with E-state index in [9.17, 15) is 0 Å². The van der Waals surface area contributed by atoms with E-state index in [1.165, 1.54) is 0 Å². The normalized spacial score (nSPS) is 20.3. The molecule has 6 heavy (non-hydrogen) atoms. The molecular formula is H8Cl2IPSi2. The molecular weight excluding hydrogens is 285 g/mol. The zero-order valence-electron chi connectivity index (χ0n) is 4.63. The van der Waals surface area contributed by atoms with Crippen molar-refractivity contribution in [3.8, 4) is 0 Å². The first-order valence-electron chi connectivity index (χ1n) is 1.82. The Labute approximate surface area is 63.1 Å². The predicted molar refractivity (Wildman–Crippen MR) is 55.3 cm³/mol. The molecule has 42 valence electrons. The Hall–Kier alpha value is 2.17. The van der Waals surface area contributed by atoms with Gasteiger partial charge in [0.1, 0.15) is 0 Å². The monoisotopic (exact) mass is 294 g/mol. The van der Waals surface area contributed by atoms with E-state index in [4.69, 9.17) is 23.1 Å². The summed E-state index contributed by atoms with van der Waals surface area (Å²) in [7, 11) is 1.88. The Kier molecular flexibility index (Phi) is 3.41. The van der Waals surface area contributed by atoms with Gasteiger partial charge in [0.25, 0.3) is 0 Å². The quantitative estimate of drug-likeness (QED) is 0.281. The van der Waals surface area contributed by atoms with Gasteiger partial charge in [-0.25, -0.2) is 0 Å². The van der Waals surface area contributed by atoms with Crippen LogP contribution in [0.1, 0.15) is 0 Å². The summed E-state index contributed by atoms with van der Waals surface area (Å²) in [6.45, 7) is 0. The summed E-state index contributed by atoms with van der Waals surface area (Å²) in [6, 6.07) is 0. The Morgan fingerprint density at radius 2 is 2.00 bits per heavy atom. The Morgan fingerprint density at radius 1 is 1.83 bits per heavy atom. The molecule has 0 atom stereocenters. The number of halogens is 3. The maximum absolute atomic E-state index is 7.28. The molecule has 0 saturated heterocycles. The molecule has 0 unspecified atom stereocenters. The van der Waals surface area contributed by atoms with E-state index in [1.54, 1.807) is 0 Å². The Morgan fingerprint density at radius 3 is 2.00 bits per heavy atom. The topological polar surface area (TPSA) is 0 Å². The van der Waals surface area contributed by atoms with E-state index in [0.717, 1.165) is 17.6 Å². The summed E-state index contributed by atoms with van der Waals surface area (Å²) in [5.74, 6) is 0. The third-order valence-electron chi connectivity index (χ3n) is 0.332. The molecule has 0 fully saturated rings. The molecule has 0 amide bonds. The first-order valence-corrected chi connectivity index (χ1v) is 19.3. The van der Waals surface area contributed by atoms with Crippen LogP contribution in [0.5, 0.6) is 0 Å². The van der Waals surface area contributed by atoms with Gasteiger partial charge in [-0.05, 0) is 0 Å². The van der Waals surface area contributed by atoms with E-state index in [1.807, 2.05) is 0 Å². The SMILES string of the molecule is [3H]I([SiH3])[PH]([SiH3])(Cl)Cl. The van der Waals surface area contributed by atoms with E-state index in [0.29, 0.717) is 0 Å². The fraction of sp³-hybridized carbons (Fsp3) is 0. The third kappa shape index (κ3) is 6.17. The van der Waals surface area contributed by atoms with Gasteiger partial charge in [-0.2, -0.15) is 0 Å². The predicted octanol–water partition coefficient (Wildman–Crippen LogP) is 0.223. The van der Waals surface area contributed by atoms with Crippen molar-refractivity contribution in [1.82, 2.24) is 0 Å². The van der Waals surface area contributed by atoms with Crippen molar-refractivity contribution in [3.63, 3.8) is 0 Å². The minimum atomic E-state index is -1.77. The Balaban J connectivity index is 3.54. The summed E-state index contributed by atoms with van der Waals surface area (Å²) in [5.41, 5.74) is 0. The second-order valence-electron chi connectivity index (χ2n) is 0.970. The van der Waals surface area contributed by atoms with Gasteiger partial charge < -0.3 is 0 Å². The summed E-state index contributed by atoms with van der Waals surface area (Å²) in [6.07, 6.45) is 0. The van der Waals surface area contributed by atoms with Gasteiger partial charge in [-0.15, -0.1) is 0 Å². The molecule has 0 aliphatic rings. The first-order chi connectivity index (χ1) is 2.94. The number of hydrogen-bond donors (Lipinski definition) is 0. The van der Waals surface area contributed by atoms with Gasteiger partial charge in [-0.3, -0.25) is 0 Å². The Bertz CT molecular complexity index is 61.2. The molecule has 0 saturated carbocycles. The molecule has 0 spiro atoms. The van der Waals surface area contributed by atoms with Gasteiger partial charge >= 0.3 is 63.5 Å². The summed E-state index contributed by atoms with van der Waals surface area (Å²) in [5, 5.41) is 0. The van der Waals surface area contributed by atoms with Crippen molar-refractivity contribution in [3.05, 3.63) is 0 Å². The number of rotatable bonds is 1. The molecule has 0 aliphatic carbocycles. The maximum atomic E-state index is 7.28. The van der Waals surface area contributed by atoms with Crippen LogP contribution in [-0.4, -0.2) is 18.2 Å². The van der Waals surface area contributed by atoms with Crippen LogP contribution in [0.2, 0.25) is 0 Å². The molecule has 0 heterocycles. The van der Waals surface area contributed by atoms with Crippen LogP contribution in [0.25, 0.3) is 0 Å². The van der Waals surface area contributed by atoms with Gasteiger partial charge in [0, 0.05) is 0 Å². The molecule has 6 heteroatoms. The van der Waals surface area contributed by atoms with E-state index in [-0.39, 0.29) is 0 Å². The van der Waals surface area contributed by atoms with E-state index >= 15 is 0 Å². The molecule has 0 radical (unpaired) electrons. The van der Waals surface area contributed by atoms with Crippen LogP contribution in [0.3, 0.4) is 0 Å². The molecule has 0 aromatic rings. The average Bonchev–Trinajstić information content (AvgIpc) is 1.31. The van der Waals surface area contributed by atoms with Crippen molar-refractivity contribution in [2.75, 3.05) is 0 Å². The van der Waals surface area contributed by atoms with E-state index in [2.05, 4.69) is 0 Å². The van der Waals surface area contributed by atoms with E-state index < -0.39 is 22.8 Å². The first kappa shape index (κ1) is 6.30. The van der Waals surface area contributed by atoms with Crippen molar-refractivity contribution in [2.45, 2.75) is 0 Å². The van der Waals surface area contributed by atoms with Crippen molar-refractivity contribution in [2.24, 2.45) is 0 Å². The van der Waals surface area contributed by atoms with Crippen LogP contribution >= 0.6 is 45.3 Å². The molecule has 0 nitrogen and oxygen atoms in total. The standard InChI is InChI=1S/Cl2H8IPSi2/c1-4(2,6)3-5/h3-4H,5-6H3/i3T. The van der Waals surface area contributed by atoms with Crippen LogP contribution < -0.4 is 0 Å². The van der Waals surface area contributed by atoms with Gasteiger partial charge in [-0.1, -0.05) is 0 Å². The molecule has 0 rings (SSSR count). The second-order valence-corrected chi connectivity index (χ2v) is 43.6. The van der Waals surface area contributed by atoms with Crippen LogP contribution in [-0.2, 0) is 0 Å². The molecule has 0 aromatic carbocycles. The zero-order chi connectivity index (χ0) is 6.08. The molecule has 0 N–H and O–H groups in total. The fourth-order valence-electron chi connectivity index (χ4n) is 0. The van der Waals surface area contributed by atoms with Crippen molar-refractivity contribution < 1.29 is 0 Å². The summed E-state index contributed by atoms with van der Waals surface area (Å²) >= 11 is 10.1. The van der Waals surface area contributed by atoms with Gasteiger partial charge in [0.05, 0.1) is 0 Å². The third-order valence-corrected chi connectivity index (χ3v) is 60.1. The molecule has 0 aromatic heterocycles. The second kappa shape index (κ2) is 3.25. The zero-order valence-corrected chi connectivity index (χ0v) is 12.3. The minimum absolute atomic E-state index is 0.899. The van der Waals surface area contributed by atoms with Crippen molar-refractivity contribution >= 4 is 63.0 Å². The van der Waals surface area contributed by atoms with Crippen LogP contribution in [0, 0.1) is 0 Å². The van der Waals surface area contributed by atoms with Gasteiger partial charge in [0.2, 0.25) is 0 Å². The van der Waals surface area contributed by atoms with Crippen LogP contribution in [0.4, 0.5) is 0 Å². The van der Waals surface area contributed by atoms with Crippen LogP contribution in [0.15, 0.2) is 0 Å². The summed E-state index contributed by atoms with van der Waals surface area (Å²) in [4.78, 5) is 0. The average molecular weight is 295 g/mol. The number of hydrogen-bond acceptors (Lipinski definition) is 0.